The molecule has 166 valence electrons. The third-order valence-electron chi connectivity index (χ3n) is 5.84. The van der Waals surface area contributed by atoms with Crippen molar-refractivity contribution in [1.82, 2.24) is 23.2 Å². The van der Waals surface area contributed by atoms with Crippen molar-refractivity contribution in [3.63, 3.8) is 0 Å². The minimum atomic E-state index is -3.92. The average molecular weight is 537 g/mol. The molecule has 3 aromatic heterocycles. The van der Waals surface area contributed by atoms with Crippen molar-refractivity contribution >= 4 is 60.1 Å². The molecule has 1 amide bonds. The fourth-order valence-corrected chi connectivity index (χ4v) is 6.39. The smallest absolute Gasteiger partial charge is 0.269 e. The Morgan fingerprint density at radius 2 is 1.97 bits per heavy atom. The zero-order valence-electron chi connectivity index (χ0n) is 17.3. The molecule has 1 fully saturated rings. The topological polar surface area (TPSA) is 89.6 Å². The monoisotopic (exact) mass is 535 g/mol. The van der Waals surface area contributed by atoms with Gasteiger partial charge in [0.05, 0.1) is 27.7 Å². The van der Waals surface area contributed by atoms with E-state index in [-0.39, 0.29) is 27.5 Å². The lowest BCUT2D eigenvalue weighted by Crippen LogP contribution is -2.29. The molecule has 11 heteroatoms. The zero-order chi connectivity index (χ0) is 22.8. The lowest BCUT2D eigenvalue weighted by atomic mass is 10.2. The molecule has 0 unspecified atom stereocenters. The number of carbonyl (C=O) groups excluding carboxylic acids is 1. The Balaban J connectivity index is 1.78. The highest BCUT2D eigenvalue weighted by atomic mass is 79.9. The van der Waals surface area contributed by atoms with Crippen molar-refractivity contribution in [3.8, 4) is 0 Å². The van der Waals surface area contributed by atoms with Gasteiger partial charge < -0.3 is 4.90 Å². The standard InChI is InChI=1S/C21H19BrClN5O3S/c1-12-5-7-14(8-6-12)32(30,31)27-11-15(23)18-21(27)24-10-17-19(22)25-20(28(17)18)16-4-3-9-26(16)13(2)29/h5-8,10-11,16H,3-4,9H2,1-2H3/t16-/m1/s1. The van der Waals surface area contributed by atoms with Gasteiger partial charge in [0.25, 0.3) is 10.0 Å². The molecule has 4 heterocycles. The number of hydrogen-bond acceptors (Lipinski definition) is 5. The van der Waals surface area contributed by atoms with E-state index in [1.807, 2.05) is 11.3 Å². The van der Waals surface area contributed by atoms with Gasteiger partial charge in [0.1, 0.15) is 15.9 Å². The minimum absolute atomic E-state index is 0.0312. The van der Waals surface area contributed by atoms with Crippen LogP contribution in [-0.4, -0.2) is 44.1 Å². The van der Waals surface area contributed by atoms with E-state index in [0.29, 0.717) is 28.0 Å². The van der Waals surface area contributed by atoms with E-state index in [1.54, 1.807) is 35.4 Å². The lowest BCUT2D eigenvalue weighted by molar-refractivity contribution is -0.129. The van der Waals surface area contributed by atoms with Crippen LogP contribution in [0.5, 0.6) is 0 Å². The molecule has 0 spiro atoms. The maximum absolute atomic E-state index is 13.4. The predicted molar refractivity (Wildman–Crippen MR) is 124 cm³/mol. The molecule has 1 aromatic carbocycles. The van der Waals surface area contributed by atoms with Crippen molar-refractivity contribution in [2.45, 2.75) is 37.6 Å². The summed E-state index contributed by atoms with van der Waals surface area (Å²) < 4.78 is 30.2. The third-order valence-corrected chi connectivity index (χ3v) is 8.36. The lowest BCUT2D eigenvalue weighted by Gasteiger charge is -2.22. The van der Waals surface area contributed by atoms with Gasteiger partial charge in [-0.25, -0.2) is 22.4 Å². The summed E-state index contributed by atoms with van der Waals surface area (Å²) in [5.74, 6) is 0.593. The Hall–Kier alpha value is -2.43. The first-order valence-corrected chi connectivity index (χ1v) is 12.6. The van der Waals surface area contributed by atoms with E-state index < -0.39 is 10.0 Å². The molecule has 8 nitrogen and oxygen atoms in total. The minimum Gasteiger partial charge on any atom is -0.333 e. The number of aryl methyl sites for hydroxylation is 1. The summed E-state index contributed by atoms with van der Waals surface area (Å²) in [5.41, 5.74) is 2.24. The molecule has 0 bridgehead atoms. The van der Waals surface area contributed by atoms with Crippen LogP contribution in [0.25, 0.3) is 16.7 Å². The quantitative estimate of drug-likeness (QED) is 0.389. The summed E-state index contributed by atoms with van der Waals surface area (Å²) in [6.45, 7) is 4.08. The van der Waals surface area contributed by atoms with Gasteiger partial charge in [0.15, 0.2) is 5.65 Å². The number of amides is 1. The Morgan fingerprint density at radius 3 is 2.66 bits per heavy atom. The summed E-state index contributed by atoms with van der Waals surface area (Å²) in [6, 6.07) is 6.38. The van der Waals surface area contributed by atoms with Crippen LogP contribution < -0.4 is 0 Å². The number of likely N-dealkylation sites (tertiary alicyclic amines) is 1. The maximum atomic E-state index is 13.4. The molecular weight excluding hydrogens is 518 g/mol. The number of carbonyl (C=O) groups is 1. The maximum Gasteiger partial charge on any atom is 0.269 e. The summed E-state index contributed by atoms with van der Waals surface area (Å²) in [7, 11) is -3.92. The molecule has 0 N–H and O–H groups in total. The van der Waals surface area contributed by atoms with Crippen LogP contribution in [0.2, 0.25) is 5.02 Å². The first-order valence-electron chi connectivity index (χ1n) is 10.0. The second-order valence-electron chi connectivity index (χ2n) is 7.87. The van der Waals surface area contributed by atoms with Crippen molar-refractivity contribution in [1.29, 1.82) is 0 Å². The van der Waals surface area contributed by atoms with Gasteiger partial charge in [-0.05, 0) is 47.8 Å². The summed E-state index contributed by atoms with van der Waals surface area (Å²) in [5, 5.41) is 0.229. The Morgan fingerprint density at radius 1 is 1.25 bits per heavy atom. The van der Waals surface area contributed by atoms with Gasteiger partial charge in [0.2, 0.25) is 5.91 Å². The van der Waals surface area contributed by atoms with Gasteiger partial charge in [-0.2, -0.15) is 0 Å². The number of halogens is 2. The van der Waals surface area contributed by atoms with E-state index in [0.717, 1.165) is 22.4 Å². The molecule has 1 atom stereocenters. The zero-order valence-corrected chi connectivity index (χ0v) is 20.4. The van der Waals surface area contributed by atoms with E-state index in [1.165, 1.54) is 13.1 Å². The summed E-state index contributed by atoms with van der Waals surface area (Å²) >= 11 is 10.1. The Kier molecular flexibility index (Phi) is 5.06. The molecule has 32 heavy (non-hydrogen) atoms. The number of fused-ring (bicyclic) bond motifs is 3. The molecule has 4 aromatic rings. The van der Waals surface area contributed by atoms with Crippen LogP contribution >= 0.6 is 27.5 Å². The number of aromatic nitrogens is 4. The van der Waals surface area contributed by atoms with Crippen molar-refractivity contribution < 1.29 is 13.2 Å². The van der Waals surface area contributed by atoms with E-state index in [4.69, 9.17) is 11.6 Å². The molecule has 0 aliphatic carbocycles. The SMILES string of the molecule is CC(=O)N1CCC[C@@H]1c1nc(Br)c2cnc3c(c(Cl)cn3S(=O)(=O)c3ccc(C)cc3)n12. The van der Waals surface area contributed by atoms with Crippen LogP contribution in [0.4, 0.5) is 0 Å². The molecular formula is C21H19BrClN5O3S. The fraction of sp³-hybridized carbons (Fsp3) is 0.286. The van der Waals surface area contributed by atoms with Gasteiger partial charge in [0, 0.05) is 19.7 Å². The van der Waals surface area contributed by atoms with Crippen LogP contribution in [0, 0.1) is 6.92 Å². The van der Waals surface area contributed by atoms with Crippen LogP contribution in [0.3, 0.4) is 0 Å². The molecule has 1 aliphatic rings. The highest BCUT2D eigenvalue weighted by molar-refractivity contribution is 9.10. The van der Waals surface area contributed by atoms with Crippen molar-refractivity contribution in [2.24, 2.45) is 0 Å². The predicted octanol–water partition coefficient (Wildman–Crippen LogP) is 4.33. The first-order chi connectivity index (χ1) is 15.2. The fourth-order valence-electron chi connectivity index (χ4n) is 4.30. The highest BCUT2D eigenvalue weighted by Gasteiger charge is 2.33. The van der Waals surface area contributed by atoms with Crippen molar-refractivity contribution in [2.75, 3.05) is 6.54 Å². The highest BCUT2D eigenvalue weighted by Crippen LogP contribution is 2.37. The third kappa shape index (κ3) is 3.15. The Bertz CT molecular complexity index is 1490. The number of rotatable bonds is 3. The van der Waals surface area contributed by atoms with E-state index in [9.17, 15) is 13.2 Å². The number of benzene rings is 1. The van der Waals surface area contributed by atoms with E-state index >= 15 is 0 Å². The second kappa shape index (κ2) is 7.57. The first kappa shape index (κ1) is 21.4. The number of imidazole rings is 1. The molecule has 0 radical (unpaired) electrons. The summed E-state index contributed by atoms with van der Waals surface area (Å²) in [4.78, 5) is 23.2. The number of nitrogens with zero attached hydrogens (tertiary/aromatic N) is 5. The van der Waals surface area contributed by atoms with Gasteiger partial charge >= 0.3 is 0 Å². The second-order valence-corrected chi connectivity index (χ2v) is 10.8. The molecule has 5 rings (SSSR count). The normalized spacial score (nSPS) is 17.0. The van der Waals surface area contributed by atoms with Gasteiger partial charge in [-0.15, -0.1) is 0 Å². The van der Waals surface area contributed by atoms with Gasteiger partial charge in [-0.1, -0.05) is 29.3 Å². The molecule has 1 saturated heterocycles. The summed E-state index contributed by atoms with van der Waals surface area (Å²) in [6.07, 6.45) is 4.55. The van der Waals surface area contributed by atoms with E-state index in [2.05, 4.69) is 25.9 Å². The Labute approximate surface area is 198 Å². The number of hydrogen-bond donors (Lipinski definition) is 0. The average Bonchev–Trinajstić information content (AvgIpc) is 3.44. The van der Waals surface area contributed by atoms with Gasteiger partial charge in [-0.3, -0.25) is 9.20 Å². The van der Waals surface area contributed by atoms with Crippen molar-refractivity contribution in [3.05, 3.63) is 57.7 Å². The van der Waals surface area contributed by atoms with Crippen LogP contribution in [0.15, 0.2) is 46.2 Å². The van der Waals surface area contributed by atoms with Crippen LogP contribution in [-0.2, 0) is 14.8 Å². The molecule has 0 saturated carbocycles. The molecule has 1 aliphatic heterocycles. The largest absolute Gasteiger partial charge is 0.333 e. The van der Waals surface area contributed by atoms with Crippen LogP contribution in [0.1, 0.15) is 37.2 Å².